The number of carbonyl (C=O) groups is 1. The Bertz CT molecular complexity index is 343. The van der Waals surface area contributed by atoms with E-state index in [2.05, 4.69) is 13.8 Å². The summed E-state index contributed by atoms with van der Waals surface area (Å²) >= 11 is 0. The third kappa shape index (κ3) is 3.93. The van der Waals surface area contributed by atoms with Gasteiger partial charge in [0.2, 0.25) is 5.91 Å². The van der Waals surface area contributed by atoms with Gasteiger partial charge in [-0.3, -0.25) is 4.79 Å². The molecule has 0 aromatic heterocycles. The van der Waals surface area contributed by atoms with E-state index in [0.717, 1.165) is 11.3 Å². The molecule has 1 rings (SSSR count). The van der Waals surface area contributed by atoms with Gasteiger partial charge in [-0.25, -0.2) is 0 Å². The SMILES string of the molecule is CC(C)CC(=O)N(C)Cc1ccc(N)cc1. The molecule has 0 atom stereocenters. The molecular weight excluding hydrogens is 200 g/mol. The van der Waals surface area contributed by atoms with Crippen LogP contribution in [0.3, 0.4) is 0 Å². The lowest BCUT2D eigenvalue weighted by Gasteiger charge is -2.18. The van der Waals surface area contributed by atoms with Crippen molar-refractivity contribution in [1.82, 2.24) is 4.90 Å². The molecule has 0 spiro atoms. The molecule has 3 nitrogen and oxygen atoms in total. The summed E-state index contributed by atoms with van der Waals surface area (Å²) in [6, 6.07) is 7.62. The van der Waals surface area contributed by atoms with Crippen molar-refractivity contribution in [3.8, 4) is 0 Å². The van der Waals surface area contributed by atoms with Crippen LogP contribution < -0.4 is 5.73 Å². The second-order valence-corrected chi connectivity index (χ2v) is 4.59. The van der Waals surface area contributed by atoms with Gasteiger partial charge in [-0.05, 0) is 23.6 Å². The Labute approximate surface area is 97.2 Å². The molecular formula is C13H20N2O. The summed E-state index contributed by atoms with van der Waals surface area (Å²) in [5, 5.41) is 0. The molecule has 0 aliphatic carbocycles. The van der Waals surface area contributed by atoms with Crippen molar-refractivity contribution in [1.29, 1.82) is 0 Å². The Balaban J connectivity index is 2.53. The predicted octanol–water partition coefficient (Wildman–Crippen LogP) is 2.27. The summed E-state index contributed by atoms with van der Waals surface area (Å²) in [6.07, 6.45) is 0.603. The number of nitrogens with two attached hydrogens (primary N) is 1. The molecule has 0 saturated carbocycles. The summed E-state index contributed by atoms with van der Waals surface area (Å²) in [6.45, 7) is 4.75. The normalized spacial score (nSPS) is 10.5. The van der Waals surface area contributed by atoms with E-state index in [1.54, 1.807) is 4.90 Å². The van der Waals surface area contributed by atoms with Crippen molar-refractivity contribution in [2.75, 3.05) is 12.8 Å². The summed E-state index contributed by atoms with van der Waals surface area (Å²) in [4.78, 5) is 13.5. The predicted molar refractivity (Wildman–Crippen MR) is 66.8 cm³/mol. The van der Waals surface area contributed by atoms with Crippen LogP contribution in [0.15, 0.2) is 24.3 Å². The maximum Gasteiger partial charge on any atom is 0.222 e. The summed E-state index contributed by atoms with van der Waals surface area (Å²) < 4.78 is 0. The molecule has 16 heavy (non-hydrogen) atoms. The largest absolute Gasteiger partial charge is 0.399 e. The van der Waals surface area contributed by atoms with Crippen LogP contribution in [-0.4, -0.2) is 17.9 Å². The van der Waals surface area contributed by atoms with E-state index in [4.69, 9.17) is 5.73 Å². The minimum atomic E-state index is 0.187. The fourth-order valence-electron chi connectivity index (χ4n) is 1.49. The molecule has 0 radical (unpaired) electrons. The monoisotopic (exact) mass is 220 g/mol. The molecule has 2 N–H and O–H groups in total. The number of carbonyl (C=O) groups excluding carboxylic acids is 1. The number of anilines is 1. The van der Waals surface area contributed by atoms with Gasteiger partial charge in [0.15, 0.2) is 0 Å². The smallest absolute Gasteiger partial charge is 0.222 e. The Morgan fingerprint density at radius 2 is 1.88 bits per heavy atom. The second-order valence-electron chi connectivity index (χ2n) is 4.59. The van der Waals surface area contributed by atoms with Crippen LogP contribution >= 0.6 is 0 Å². The number of hydrogen-bond donors (Lipinski definition) is 1. The molecule has 1 aromatic carbocycles. The molecule has 0 saturated heterocycles. The molecule has 0 aliphatic rings. The van der Waals surface area contributed by atoms with Crippen LogP contribution in [0.1, 0.15) is 25.8 Å². The van der Waals surface area contributed by atoms with Crippen LogP contribution in [0.4, 0.5) is 5.69 Å². The number of nitrogens with zero attached hydrogens (tertiary/aromatic N) is 1. The molecule has 3 heteroatoms. The van der Waals surface area contributed by atoms with Crippen LogP contribution in [0.25, 0.3) is 0 Å². The van der Waals surface area contributed by atoms with E-state index < -0.39 is 0 Å². The van der Waals surface area contributed by atoms with Gasteiger partial charge in [0, 0.05) is 25.7 Å². The van der Waals surface area contributed by atoms with Crippen molar-refractivity contribution in [3.63, 3.8) is 0 Å². The van der Waals surface area contributed by atoms with E-state index >= 15 is 0 Å². The first kappa shape index (κ1) is 12.6. The molecule has 1 aromatic rings. The molecule has 0 heterocycles. The summed E-state index contributed by atoms with van der Waals surface area (Å²) in [5.41, 5.74) is 7.46. The van der Waals surface area contributed by atoms with Gasteiger partial charge in [0.05, 0.1) is 0 Å². The standard InChI is InChI=1S/C13H20N2O/c1-10(2)8-13(16)15(3)9-11-4-6-12(14)7-5-11/h4-7,10H,8-9,14H2,1-3H3. The Hall–Kier alpha value is -1.51. The first-order valence-corrected chi connectivity index (χ1v) is 5.57. The zero-order valence-corrected chi connectivity index (χ0v) is 10.2. The first-order chi connectivity index (χ1) is 7.49. The fourth-order valence-corrected chi connectivity index (χ4v) is 1.49. The Kier molecular flexibility index (Phi) is 4.35. The van der Waals surface area contributed by atoms with E-state index in [1.807, 2.05) is 31.3 Å². The second kappa shape index (κ2) is 5.54. The molecule has 88 valence electrons. The Morgan fingerprint density at radius 1 is 1.31 bits per heavy atom. The topological polar surface area (TPSA) is 46.3 Å². The highest BCUT2D eigenvalue weighted by atomic mass is 16.2. The van der Waals surface area contributed by atoms with Crippen molar-refractivity contribution < 1.29 is 4.79 Å². The molecule has 1 amide bonds. The molecule has 0 unspecified atom stereocenters. The fraction of sp³-hybridized carbons (Fsp3) is 0.462. The van der Waals surface area contributed by atoms with E-state index in [1.165, 1.54) is 0 Å². The highest BCUT2D eigenvalue weighted by molar-refractivity contribution is 5.76. The third-order valence-electron chi connectivity index (χ3n) is 2.41. The molecule has 0 bridgehead atoms. The van der Waals surface area contributed by atoms with Crippen LogP contribution in [0.2, 0.25) is 0 Å². The number of rotatable bonds is 4. The van der Waals surface area contributed by atoms with Gasteiger partial charge in [-0.15, -0.1) is 0 Å². The number of hydrogen-bond acceptors (Lipinski definition) is 2. The van der Waals surface area contributed by atoms with Crippen LogP contribution in [0, 0.1) is 5.92 Å². The van der Waals surface area contributed by atoms with Crippen molar-refractivity contribution in [2.45, 2.75) is 26.8 Å². The summed E-state index contributed by atoms with van der Waals surface area (Å²) in [5.74, 6) is 0.591. The van der Waals surface area contributed by atoms with E-state index in [-0.39, 0.29) is 5.91 Å². The number of nitrogen functional groups attached to an aromatic ring is 1. The number of benzene rings is 1. The highest BCUT2D eigenvalue weighted by Crippen LogP contribution is 2.10. The quantitative estimate of drug-likeness (QED) is 0.791. The lowest BCUT2D eigenvalue weighted by Crippen LogP contribution is -2.27. The van der Waals surface area contributed by atoms with Gasteiger partial charge in [0.1, 0.15) is 0 Å². The summed E-state index contributed by atoms with van der Waals surface area (Å²) in [7, 11) is 1.83. The lowest BCUT2D eigenvalue weighted by molar-refractivity contribution is -0.131. The van der Waals surface area contributed by atoms with Crippen molar-refractivity contribution in [2.24, 2.45) is 5.92 Å². The molecule has 0 aliphatic heterocycles. The van der Waals surface area contributed by atoms with E-state index in [0.29, 0.717) is 18.9 Å². The van der Waals surface area contributed by atoms with Gasteiger partial charge >= 0.3 is 0 Å². The van der Waals surface area contributed by atoms with Gasteiger partial charge < -0.3 is 10.6 Å². The van der Waals surface area contributed by atoms with Crippen molar-refractivity contribution >= 4 is 11.6 Å². The minimum Gasteiger partial charge on any atom is -0.399 e. The first-order valence-electron chi connectivity index (χ1n) is 5.57. The third-order valence-corrected chi connectivity index (χ3v) is 2.41. The average molecular weight is 220 g/mol. The maximum atomic E-state index is 11.7. The van der Waals surface area contributed by atoms with Crippen LogP contribution in [-0.2, 0) is 11.3 Å². The van der Waals surface area contributed by atoms with Gasteiger partial charge in [-0.2, -0.15) is 0 Å². The molecule has 0 fully saturated rings. The van der Waals surface area contributed by atoms with E-state index in [9.17, 15) is 4.79 Å². The van der Waals surface area contributed by atoms with Gasteiger partial charge in [0.25, 0.3) is 0 Å². The lowest BCUT2D eigenvalue weighted by atomic mass is 10.1. The minimum absolute atomic E-state index is 0.187. The Morgan fingerprint density at radius 3 is 2.38 bits per heavy atom. The average Bonchev–Trinajstić information content (AvgIpc) is 2.20. The van der Waals surface area contributed by atoms with Gasteiger partial charge in [-0.1, -0.05) is 26.0 Å². The maximum absolute atomic E-state index is 11.7. The van der Waals surface area contributed by atoms with Crippen molar-refractivity contribution in [3.05, 3.63) is 29.8 Å². The number of amides is 1. The highest BCUT2D eigenvalue weighted by Gasteiger charge is 2.10. The van der Waals surface area contributed by atoms with Crippen LogP contribution in [0.5, 0.6) is 0 Å². The zero-order valence-electron chi connectivity index (χ0n) is 10.2. The zero-order chi connectivity index (χ0) is 12.1.